The van der Waals surface area contributed by atoms with E-state index < -0.39 is 12.0 Å². The Kier molecular flexibility index (Phi) is 7.17. The number of fused-ring (bicyclic) bond motifs is 1. The highest BCUT2D eigenvalue weighted by molar-refractivity contribution is 5.99. The molecule has 1 atom stereocenters. The van der Waals surface area contributed by atoms with Gasteiger partial charge in [0.1, 0.15) is 11.9 Å². The summed E-state index contributed by atoms with van der Waals surface area (Å²) in [5, 5.41) is 12.2. The van der Waals surface area contributed by atoms with E-state index in [4.69, 9.17) is 4.98 Å². The molecule has 0 aliphatic heterocycles. The molecular formula is C26H37N3O3. The molecule has 2 aliphatic carbocycles. The topological polar surface area (TPSA) is 84.2 Å². The molecular weight excluding hydrogens is 402 g/mol. The summed E-state index contributed by atoms with van der Waals surface area (Å²) >= 11 is 0. The first-order valence-electron chi connectivity index (χ1n) is 12.5. The van der Waals surface area contributed by atoms with E-state index in [0.29, 0.717) is 23.9 Å². The summed E-state index contributed by atoms with van der Waals surface area (Å²) in [6, 6.07) is 5.30. The van der Waals surface area contributed by atoms with Crippen LogP contribution in [-0.4, -0.2) is 32.6 Å². The van der Waals surface area contributed by atoms with Gasteiger partial charge in [0.05, 0.1) is 11.0 Å². The van der Waals surface area contributed by atoms with Crippen LogP contribution in [0.2, 0.25) is 0 Å². The van der Waals surface area contributed by atoms with Gasteiger partial charge in [-0.3, -0.25) is 4.79 Å². The maximum Gasteiger partial charge on any atom is 0.326 e. The molecule has 1 aromatic heterocycles. The predicted molar refractivity (Wildman–Crippen MR) is 126 cm³/mol. The predicted octanol–water partition coefficient (Wildman–Crippen LogP) is 5.50. The molecule has 32 heavy (non-hydrogen) atoms. The minimum absolute atomic E-state index is 0.184. The molecule has 0 radical (unpaired) electrons. The minimum Gasteiger partial charge on any atom is -0.480 e. The number of benzene rings is 1. The van der Waals surface area contributed by atoms with Gasteiger partial charge in [0, 0.05) is 18.0 Å². The van der Waals surface area contributed by atoms with Crippen molar-refractivity contribution >= 4 is 22.9 Å². The van der Waals surface area contributed by atoms with Gasteiger partial charge in [-0.25, -0.2) is 9.78 Å². The van der Waals surface area contributed by atoms with Crippen LogP contribution >= 0.6 is 0 Å². The van der Waals surface area contributed by atoms with Crippen LogP contribution in [0.3, 0.4) is 0 Å². The van der Waals surface area contributed by atoms with Gasteiger partial charge in [-0.2, -0.15) is 0 Å². The number of rotatable bonds is 8. The smallest absolute Gasteiger partial charge is 0.326 e. The van der Waals surface area contributed by atoms with Gasteiger partial charge in [0.15, 0.2) is 0 Å². The Hall–Kier alpha value is -2.37. The molecule has 1 heterocycles. The average molecular weight is 440 g/mol. The van der Waals surface area contributed by atoms with Crippen LogP contribution in [0.5, 0.6) is 0 Å². The van der Waals surface area contributed by atoms with Gasteiger partial charge in [-0.15, -0.1) is 0 Å². The van der Waals surface area contributed by atoms with Crippen molar-refractivity contribution in [1.29, 1.82) is 0 Å². The Morgan fingerprint density at radius 3 is 2.44 bits per heavy atom. The first-order valence-corrected chi connectivity index (χ1v) is 12.5. The van der Waals surface area contributed by atoms with Crippen LogP contribution < -0.4 is 5.32 Å². The average Bonchev–Trinajstić information content (AvgIpc) is 3.40. The van der Waals surface area contributed by atoms with Crippen molar-refractivity contribution in [3.05, 3.63) is 29.6 Å². The Morgan fingerprint density at radius 1 is 1.09 bits per heavy atom. The molecule has 174 valence electrons. The summed E-state index contributed by atoms with van der Waals surface area (Å²) in [7, 11) is 0. The van der Waals surface area contributed by atoms with Crippen molar-refractivity contribution in [2.24, 2.45) is 11.8 Å². The zero-order valence-electron chi connectivity index (χ0n) is 19.5. The fourth-order valence-electron chi connectivity index (χ4n) is 5.59. The third kappa shape index (κ3) is 5.16. The molecule has 2 N–H and O–H groups in total. The van der Waals surface area contributed by atoms with Gasteiger partial charge in [0.25, 0.3) is 5.91 Å². The summed E-state index contributed by atoms with van der Waals surface area (Å²) in [5.41, 5.74) is 2.44. The third-order valence-electron chi connectivity index (χ3n) is 7.22. The van der Waals surface area contributed by atoms with Crippen LogP contribution in [0.15, 0.2) is 18.2 Å². The molecule has 2 aliphatic rings. The number of carboxylic acid groups (broad SMARTS) is 1. The van der Waals surface area contributed by atoms with E-state index in [1.165, 1.54) is 63.6 Å². The van der Waals surface area contributed by atoms with E-state index in [1.54, 1.807) is 0 Å². The van der Waals surface area contributed by atoms with E-state index in [2.05, 4.69) is 9.88 Å². The van der Waals surface area contributed by atoms with Crippen molar-refractivity contribution in [2.75, 3.05) is 0 Å². The van der Waals surface area contributed by atoms with Gasteiger partial charge in [-0.05, 0) is 49.3 Å². The van der Waals surface area contributed by atoms with Gasteiger partial charge in [-0.1, -0.05) is 58.8 Å². The third-order valence-corrected chi connectivity index (χ3v) is 7.22. The van der Waals surface area contributed by atoms with Gasteiger partial charge in [0.2, 0.25) is 0 Å². The molecule has 4 rings (SSSR count). The summed E-state index contributed by atoms with van der Waals surface area (Å²) in [6.07, 6.45) is 12.9. The fourth-order valence-corrected chi connectivity index (χ4v) is 5.59. The van der Waals surface area contributed by atoms with E-state index in [1.807, 2.05) is 32.0 Å². The van der Waals surface area contributed by atoms with E-state index in [9.17, 15) is 14.7 Å². The van der Waals surface area contributed by atoms with Crippen LogP contribution in [0.1, 0.15) is 100 Å². The number of imidazole rings is 1. The standard InChI is InChI=1S/C26H37N3O3/c1-17(2)14-22(26(31)32)28-25(30)19-12-13-23-21(16-19)27-24(15-18-8-6-7-9-18)29(23)20-10-4-3-5-11-20/h12-13,16-18,20,22H,3-11,14-15H2,1-2H3,(H,28,30)(H,31,32). The maximum absolute atomic E-state index is 12.8. The van der Waals surface area contributed by atoms with Crippen LogP contribution in [0.25, 0.3) is 11.0 Å². The SMILES string of the molecule is CC(C)CC(NC(=O)c1ccc2c(c1)nc(CC1CCCC1)n2C1CCCCC1)C(=O)O. The molecule has 6 heteroatoms. The fraction of sp³-hybridized carbons (Fsp3) is 0.654. The largest absolute Gasteiger partial charge is 0.480 e. The van der Waals surface area contributed by atoms with Crippen molar-refractivity contribution < 1.29 is 14.7 Å². The number of carbonyl (C=O) groups excluding carboxylic acids is 1. The summed E-state index contributed by atoms with van der Waals surface area (Å²) in [6.45, 7) is 3.91. The van der Waals surface area contributed by atoms with E-state index >= 15 is 0 Å². The summed E-state index contributed by atoms with van der Waals surface area (Å²) in [4.78, 5) is 29.4. The maximum atomic E-state index is 12.8. The zero-order valence-corrected chi connectivity index (χ0v) is 19.5. The first kappa shape index (κ1) is 22.8. The van der Waals surface area contributed by atoms with Crippen LogP contribution in [-0.2, 0) is 11.2 Å². The van der Waals surface area contributed by atoms with Crippen molar-refractivity contribution in [3.8, 4) is 0 Å². The number of carbonyl (C=O) groups is 2. The Bertz CT molecular complexity index is 953. The zero-order chi connectivity index (χ0) is 22.7. The molecule has 1 unspecified atom stereocenters. The van der Waals surface area contributed by atoms with Crippen molar-refractivity contribution in [2.45, 2.75) is 96.6 Å². The molecule has 2 saturated carbocycles. The second kappa shape index (κ2) is 10.1. The first-order chi connectivity index (χ1) is 15.4. The number of aromatic nitrogens is 2. The molecule has 2 fully saturated rings. The lowest BCUT2D eigenvalue weighted by Gasteiger charge is -2.26. The monoisotopic (exact) mass is 439 g/mol. The van der Waals surface area contributed by atoms with E-state index in [0.717, 1.165) is 17.5 Å². The second-order valence-electron chi connectivity index (χ2n) is 10.2. The molecule has 1 aromatic carbocycles. The highest BCUT2D eigenvalue weighted by Crippen LogP contribution is 2.35. The lowest BCUT2D eigenvalue weighted by molar-refractivity contribution is -0.139. The number of amides is 1. The van der Waals surface area contributed by atoms with Gasteiger partial charge >= 0.3 is 5.97 Å². The molecule has 2 aromatic rings. The summed E-state index contributed by atoms with van der Waals surface area (Å²) < 4.78 is 2.47. The minimum atomic E-state index is -0.992. The molecule has 6 nitrogen and oxygen atoms in total. The van der Waals surface area contributed by atoms with E-state index in [-0.39, 0.29) is 11.8 Å². The van der Waals surface area contributed by atoms with Crippen molar-refractivity contribution in [1.82, 2.24) is 14.9 Å². The van der Waals surface area contributed by atoms with Crippen LogP contribution in [0.4, 0.5) is 0 Å². The molecule has 1 amide bonds. The normalized spacial score (nSPS) is 19.0. The number of nitrogens with one attached hydrogen (secondary N) is 1. The number of nitrogens with zero attached hydrogens (tertiary/aromatic N) is 2. The van der Waals surface area contributed by atoms with Crippen LogP contribution in [0, 0.1) is 11.8 Å². The molecule has 0 bridgehead atoms. The number of hydrogen-bond acceptors (Lipinski definition) is 3. The quantitative estimate of drug-likeness (QED) is 0.568. The lowest BCUT2D eigenvalue weighted by Crippen LogP contribution is -2.41. The highest BCUT2D eigenvalue weighted by atomic mass is 16.4. The number of carboxylic acids is 1. The Morgan fingerprint density at radius 2 is 1.78 bits per heavy atom. The number of aliphatic carboxylic acids is 1. The Balaban J connectivity index is 1.62. The second-order valence-corrected chi connectivity index (χ2v) is 10.2. The van der Waals surface area contributed by atoms with Gasteiger partial charge < -0.3 is 15.0 Å². The Labute approximate surface area is 190 Å². The summed E-state index contributed by atoms with van der Waals surface area (Å²) in [5.74, 6) is 0.727. The number of hydrogen-bond donors (Lipinski definition) is 2. The highest BCUT2D eigenvalue weighted by Gasteiger charge is 2.26. The molecule has 0 spiro atoms. The van der Waals surface area contributed by atoms with Crippen molar-refractivity contribution in [3.63, 3.8) is 0 Å². The lowest BCUT2D eigenvalue weighted by atomic mass is 9.94. The molecule has 0 saturated heterocycles.